The van der Waals surface area contributed by atoms with Crippen LogP contribution in [0.25, 0.3) is 6.08 Å². The van der Waals surface area contributed by atoms with E-state index in [1.54, 1.807) is 6.08 Å². The van der Waals surface area contributed by atoms with Crippen LogP contribution < -0.4 is 5.73 Å². The summed E-state index contributed by atoms with van der Waals surface area (Å²) >= 11 is 0. The van der Waals surface area contributed by atoms with E-state index in [0.29, 0.717) is 0 Å². The summed E-state index contributed by atoms with van der Waals surface area (Å²) in [7, 11) is 0. The Kier molecular flexibility index (Phi) is 2.56. The highest BCUT2D eigenvalue weighted by Crippen LogP contribution is 2.22. The Labute approximate surface area is 88.2 Å². The Morgan fingerprint density at radius 1 is 1.40 bits per heavy atom. The fourth-order valence-corrected chi connectivity index (χ4v) is 1.94. The molecule has 0 bridgehead atoms. The highest BCUT2D eigenvalue weighted by Gasteiger charge is 2.17. The predicted molar refractivity (Wildman–Crippen MR) is 58.5 cm³/mol. The largest absolute Gasteiger partial charge is 0.478 e. The fourth-order valence-electron chi connectivity index (χ4n) is 1.94. The minimum absolute atomic E-state index is 0.221. The molecule has 1 unspecified atom stereocenters. The van der Waals surface area contributed by atoms with E-state index in [9.17, 15) is 4.79 Å². The first-order valence-corrected chi connectivity index (χ1v) is 4.93. The van der Waals surface area contributed by atoms with Crippen molar-refractivity contribution in [2.24, 2.45) is 5.73 Å². The fraction of sp³-hybridized carbons (Fsp3) is 0.250. The van der Waals surface area contributed by atoms with Gasteiger partial charge in [0, 0.05) is 12.1 Å². The number of carbonyl (C=O) groups is 1. The van der Waals surface area contributed by atoms with E-state index >= 15 is 0 Å². The number of carboxylic acids is 1. The lowest BCUT2D eigenvalue weighted by Crippen LogP contribution is -2.18. The molecule has 0 aromatic heterocycles. The molecule has 0 aliphatic heterocycles. The van der Waals surface area contributed by atoms with Crippen molar-refractivity contribution >= 4 is 12.0 Å². The van der Waals surface area contributed by atoms with Crippen molar-refractivity contribution in [3.63, 3.8) is 0 Å². The molecule has 1 aliphatic rings. The van der Waals surface area contributed by atoms with Crippen LogP contribution in [0, 0.1) is 0 Å². The minimum atomic E-state index is -0.924. The topological polar surface area (TPSA) is 63.3 Å². The summed E-state index contributed by atoms with van der Waals surface area (Å²) in [5.41, 5.74) is 9.30. The van der Waals surface area contributed by atoms with E-state index < -0.39 is 5.97 Å². The van der Waals surface area contributed by atoms with E-state index in [1.807, 2.05) is 18.2 Å². The van der Waals surface area contributed by atoms with Crippen LogP contribution in [0.1, 0.15) is 16.7 Å². The van der Waals surface area contributed by atoms with E-state index in [4.69, 9.17) is 10.8 Å². The molecule has 3 heteroatoms. The third-order valence-corrected chi connectivity index (χ3v) is 2.61. The van der Waals surface area contributed by atoms with Gasteiger partial charge in [-0.05, 0) is 35.6 Å². The summed E-state index contributed by atoms with van der Waals surface area (Å²) < 4.78 is 0. The van der Waals surface area contributed by atoms with Gasteiger partial charge in [0.05, 0.1) is 0 Å². The van der Waals surface area contributed by atoms with E-state index in [2.05, 4.69) is 0 Å². The van der Waals surface area contributed by atoms with Crippen LogP contribution in [0.4, 0.5) is 0 Å². The second-order valence-electron chi connectivity index (χ2n) is 3.87. The lowest BCUT2D eigenvalue weighted by atomic mass is 10.1. The Bertz CT molecular complexity index is 424. The summed E-state index contributed by atoms with van der Waals surface area (Å²) in [5, 5.41) is 8.50. The first kappa shape index (κ1) is 9.93. The number of fused-ring (bicyclic) bond motifs is 1. The molecule has 1 atom stereocenters. The highest BCUT2D eigenvalue weighted by molar-refractivity contribution is 5.85. The van der Waals surface area contributed by atoms with Gasteiger partial charge in [0.2, 0.25) is 0 Å². The van der Waals surface area contributed by atoms with E-state index in [0.717, 1.165) is 24.5 Å². The van der Waals surface area contributed by atoms with Gasteiger partial charge >= 0.3 is 5.97 Å². The summed E-state index contributed by atoms with van der Waals surface area (Å²) in [6.07, 6.45) is 4.57. The Hall–Kier alpha value is -1.61. The zero-order valence-corrected chi connectivity index (χ0v) is 8.31. The maximum Gasteiger partial charge on any atom is 0.328 e. The number of hydrogen-bond acceptors (Lipinski definition) is 2. The van der Waals surface area contributed by atoms with Crippen LogP contribution in [0.5, 0.6) is 0 Å². The van der Waals surface area contributed by atoms with Gasteiger partial charge in [0.25, 0.3) is 0 Å². The van der Waals surface area contributed by atoms with Crippen LogP contribution >= 0.6 is 0 Å². The van der Waals surface area contributed by atoms with Gasteiger partial charge in [-0.2, -0.15) is 0 Å². The monoisotopic (exact) mass is 203 g/mol. The molecule has 0 fully saturated rings. The summed E-state index contributed by atoms with van der Waals surface area (Å²) in [5.74, 6) is -0.924. The zero-order chi connectivity index (χ0) is 10.8. The summed E-state index contributed by atoms with van der Waals surface area (Å²) in [4.78, 5) is 10.4. The smallest absolute Gasteiger partial charge is 0.328 e. The van der Waals surface area contributed by atoms with Crippen molar-refractivity contribution in [1.82, 2.24) is 0 Å². The van der Waals surface area contributed by atoms with Crippen molar-refractivity contribution in [2.75, 3.05) is 0 Å². The summed E-state index contributed by atoms with van der Waals surface area (Å²) in [6, 6.07) is 6.19. The average Bonchev–Trinajstić information content (AvgIpc) is 2.53. The van der Waals surface area contributed by atoms with Crippen molar-refractivity contribution in [1.29, 1.82) is 0 Å². The van der Waals surface area contributed by atoms with Crippen molar-refractivity contribution in [3.8, 4) is 0 Å². The number of nitrogens with two attached hydrogens (primary N) is 1. The third-order valence-electron chi connectivity index (χ3n) is 2.61. The molecule has 1 aromatic carbocycles. The second kappa shape index (κ2) is 3.87. The number of hydrogen-bond donors (Lipinski definition) is 2. The number of rotatable bonds is 2. The lowest BCUT2D eigenvalue weighted by molar-refractivity contribution is -0.131. The quantitative estimate of drug-likeness (QED) is 0.710. The Morgan fingerprint density at radius 2 is 2.13 bits per heavy atom. The van der Waals surface area contributed by atoms with Crippen molar-refractivity contribution in [3.05, 3.63) is 41.0 Å². The maximum absolute atomic E-state index is 10.4. The molecule has 0 spiro atoms. The number of carboxylic acid groups (broad SMARTS) is 1. The van der Waals surface area contributed by atoms with E-state index in [-0.39, 0.29) is 6.04 Å². The van der Waals surface area contributed by atoms with Gasteiger partial charge in [-0.3, -0.25) is 0 Å². The van der Waals surface area contributed by atoms with Crippen LogP contribution in [0.2, 0.25) is 0 Å². The molecule has 3 N–H and O–H groups in total. The summed E-state index contributed by atoms with van der Waals surface area (Å²) in [6.45, 7) is 0. The SMILES string of the molecule is NC1Cc2ccc(/C=C/C(=O)O)cc2C1. The second-order valence-corrected chi connectivity index (χ2v) is 3.87. The standard InChI is InChI=1S/C12H13NO2/c13-11-6-9-3-1-8(2-4-12(14)15)5-10(9)7-11/h1-5,11H,6-7,13H2,(H,14,15)/b4-2+. The van der Waals surface area contributed by atoms with Crippen LogP contribution in [0.15, 0.2) is 24.3 Å². The van der Waals surface area contributed by atoms with Gasteiger partial charge in [0.15, 0.2) is 0 Å². The van der Waals surface area contributed by atoms with Crippen molar-refractivity contribution < 1.29 is 9.90 Å². The van der Waals surface area contributed by atoms with Crippen molar-refractivity contribution in [2.45, 2.75) is 18.9 Å². The molecule has 0 heterocycles. The maximum atomic E-state index is 10.4. The highest BCUT2D eigenvalue weighted by atomic mass is 16.4. The van der Waals surface area contributed by atoms with Crippen LogP contribution in [-0.4, -0.2) is 17.1 Å². The number of benzene rings is 1. The molecule has 0 amide bonds. The Morgan fingerprint density at radius 3 is 2.87 bits per heavy atom. The van der Waals surface area contributed by atoms with Gasteiger partial charge in [0.1, 0.15) is 0 Å². The molecule has 2 rings (SSSR count). The molecule has 0 saturated carbocycles. The zero-order valence-electron chi connectivity index (χ0n) is 8.31. The molecule has 15 heavy (non-hydrogen) atoms. The third kappa shape index (κ3) is 2.25. The number of aliphatic carboxylic acids is 1. The molecule has 0 saturated heterocycles. The molecule has 1 aromatic rings. The molecular formula is C12H13NO2. The molecular weight excluding hydrogens is 190 g/mol. The van der Waals surface area contributed by atoms with Crippen LogP contribution in [-0.2, 0) is 17.6 Å². The first-order valence-electron chi connectivity index (χ1n) is 4.93. The lowest BCUT2D eigenvalue weighted by Gasteiger charge is -1.99. The predicted octanol–water partition coefficient (Wildman–Crippen LogP) is 1.21. The van der Waals surface area contributed by atoms with Crippen LogP contribution in [0.3, 0.4) is 0 Å². The van der Waals surface area contributed by atoms with Gasteiger partial charge in [-0.1, -0.05) is 18.2 Å². The Balaban J connectivity index is 2.23. The first-order chi connectivity index (χ1) is 7.15. The van der Waals surface area contributed by atoms with Gasteiger partial charge in [-0.25, -0.2) is 4.79 Å². The normalized spacial score (nSPS) is 19.4. The van der Waals surface area contributed by atoms with Gasteiger partial charge < -0.3 is 10.8 Å². The molecule has 78 valence electrons. The van der Waals surface area contributed by atoms with E-state index in [1.165, 1.54) is 11.1 Å². The molecule has 0 radical (unpaired) electrons. The minimum Gasteiger partial charge on any atom is -0.478 e. The average molecular weight is 203 g/mol. The van der Waals surface area contributed by atoms with Gasteiger partial charge in [-0.15, -0.1) is 0 Å². The molecule has 3 nitrogen and oxygen atoms in total. The molecule has 1 aliphatic carbocycles.